The number of rotatable bonds is 14. The molecule has 0 bridgehead atoms. The van der Waals surface area contributed by atoms with Gasteiger partial charge in [0.05, 0.1) is 7.11 Å². The molecule has 0 amide bonds. The van der Waals surface area contributed by atoms with E-state index in [0.29, 0.717) is 60.4 Å². The van der Waals surface area contributed by atoms with Gasteiger partial charge in [0.15, 0.2) is 17.3 Å². The van der Waals surface area contributed by atoms with Gasteiger partial charge in [-0.25, -0.2) is 0 Å². The first kappa shape index (κ1) is 29.3. The van der Waals surface area contributed by atoms with E-state index in [1.54, 1.807) is 37.4 Å². The molecule has 0 saturated heterocycles. The molecule has 0 heterocycles. The second kappa shape index (κ2) is 14.6. The molecule has 0 aromatic heterocycles. The van der Waals surface area contributed by atoms with E-state index in [2.05, 4.69) is 0 Å². The van der Waals surface area contributed by atoms with Crippen molar-refractivity contribution >= 4 is 5.78 Å². The summed E-state index contributed by atoms with van der Waals surface area (Å²) in [6.07, 6.45) is 0.540. The number of hydrogen-bond acceptors (Lipinski definition) is 6. The van der Waals surface area contributed by atoms with Gasteiger partial charge >= 0.3 is 0 Å². The van der Waals surface area contributed by atoms with Gasteiger partial charge in [-0.15, -0.1) is 0 Å². The normalized spacial score (nSPS) is 10.6. The highest BCUT2D eigenvalue weighted by molar-refractivity contribution is 5.97. The van der Waals surface area contributed by atoms with Crippen LogP contribution in [0.5, 0.6) is 28.7 Å². The van der Waals surface area contributed by atoms with Crippen LogP contribution >= 0.6 is 0 Å². The topological polar surface area (TPSA) is 74.2 Å². The summed E-state index contributed by atoms with van der Waals surface area (Å²) in [7, 11) is 1.57. The smallest absolute Gasteiger partial charge is 0.163 e. The Morgan fingerprint density at radius 3 is 1.51 bits per heavy atom. The van der Waals surface area contributed by atoms with E-state index in [-0.39, 0.29) is 18.0 Å². The molecule has 5 aromatic rings. The van der Waals surface area contributed by atoms with Crippen LogP contribution in [0, 0.1) is 0 Å². The van der Waals surface area contributed by atoms with Gasteiger partial charge in [0.25, 0.3) is 0 Å². The quantitative estimate of drug-likeness (QED) is 0.136. The van der Waals surface area contributed by atoms with Gasteiger partial charge in [-0.3, -0.25) is 4.79 Å². The number of hydrogen-bond donors (Lipinski definition) is 1. The lowest BCUT2D eigenvalue weighted by Crippen LogP contribution is -2.07. The molecule has 0 aliphatic carbocycles. The number of methoxy groups -OCH3 is 1. The van der Waals surface area contributed by atoms with Crippen molar-refractivity contribution < 1.29 is 28.8 Å². The molecule has 0 unspecified atom stereocenters. The first-order valence-corrected chi connectivity index (χ1v) is 14.2. The van der Waals surface area contributed by atoms with Crippen molar-refractivity contribution in [3.05, 3.63) is 149 Å². The zero-order valence-corrected chi connectivity index (χ0v) is 24.1. The van der Waals surface area contributed by atoms with Crippen LogP contribution in [0.1, 0.15) is 39.0 Å². The Kier molecular flexibility index (Phi) is 9.94. The molecule has 0 radical (unpaired) electrons. The van der Waals surface area contributed by atoms with Crippen molar-refractivity contribution in [1.82, 2.24) is 0 Å². The maximum Gasteiger partial charge on any atom is 0.163 e. The summed E-state index contributed by atoms with van der Waals surface area (Å²) in [6, 6.07) is 37.7. The molecule has 0 aliphatic heterocycles. The minimum Gasteiger partial charge on any atom is -0.508 e. The Bertz CT molecular complexity index is 1550. The summed E-state index contributed by atoms with van der Waals surface area (Å²) in [5, 5.41) is 10.5. The Morgan fingerprint density at radius 1 is 0.581 bits per heavy atom. The average molecular weight is 575 g/mol. The minimum atomic E-state index is -0.0664. The third-order valence-electron chi connectivity index (χ3n) is 6.95. The minimum absolute atomic E-state index is 0.0246. The van der Waals surface area contributed by atoms with Crippen molar-refractivity contribution in [2.45, 2.75) is 32.7 Å². The van der Waals surface area contributed by atoms with E-state index in [9.17, 15) is 9.90 Å². The number of aromatic hydroxyl groups is 1. The van der Waals surface area contributed by atoms with Gasteiger partial charge in [0.2, 0.25) is 0 Å². The van der Waals surface area contributed by atoms with Crippen LogP contribution in [0.25, 0.3) is 0 Å². The first-order valence-electron chi connectivity index (χ1n) is 14.2. The lowest BCUT2D eigenvalue weighted by molar-refractivity contribution is 0.0981. The number of Topliss-reactive ketones (excluding diaryl/α,β-unsaturated/α-hetero) is 1. The molecule has 0 saturated carbocycles. The summed E-state index contributed by atoms with van der Waals surface area (Å²) in [6.45, 7) is 0.973. The molecule has 43 heavy (non-hydrogen) atoms. The summed E-state index contributed by atoms with van der Waals surface area (Å²) < 4.78 is 23.8. The SMILES string of the molecule is COc1ccc(C(=O)CCc2c(OCc3ccccc3)cc(O)cc2OCc2ccccc2)cc1OCc1ccccc1. The highest BCUT2D eigenvalue weighted by Gasteiger charge is 2.18. The van der Waals surface area contributed by atoms with Crippen LogP contribution in [-0.2, 0) is 26.2 Å². The molecule has 6 heteroatoms. The fourth-order valence-corrected chi connectivity index (χ4v) is 4.66. The molecular formula is C37H34O6. The van der Waals surface area contributed by atoms with E-state index < -0.39 is 0 Å². The van der Waals surface area contributed by atoms with Crippen LogP contribution in [0.3, 0.4) is 0 Å². The third kappa shape index (κ3) is 8.17. The zero-order chi connectivity index (χ0) is 29.9. The third-order valence-corrected chi connectivity index (χ3v) is 6.95. The Labute approximate surface area is 252 Å². The molecule has 0 aliphatic rings. The number of phenolic OH excluding ortho intramolecular Hbond substituents is 1. The van der Waals surface area contributed by atoms with Crippen molar-refractivity contribution in [3.63, 3.8) is 0 Å². The van der Waals surface area contributed by atoms with Crippen molar-refractivity contribution in [1.29, 1.82) is 0 Å². The number of carbonyl (C=O) groups excluding carboxylic acids is 1. The molecule has 5 aromatic carbocycles. The Hall–Kier alpha value is -5.23. The van der Waals surface area contributed by atoms with Crippen molar-refractivity contribution in [2.24, 2.45) is 0 Å². The van der Waals surface area contributed by atoms with Crippen molar-refractivity contribution in [3.8, 4) is 28.7 Å². The van der Waals surface area contributed by atoms with E-state index in [1.165, 1.54) is 0 Å². The van der Waals surface area contributed by atoms with E-state index in [1.807, 2.05) is 91.0 Å². The maximum absolute atomic E-state index is 13.5. The van der Waals surface area contributed by atoms with E-state index >= 15 is 0 Å². The molecule has 5 rings (SSSR count). The highest BCUT2D eigenvalue weighted by Crippen LogP contribution is 2.36. The standard InChI is InChI=1S/C37H34O6/c1-40-34-20-17-30(21-37(34)43-26-29-15-9-4-10-16-29)33(39)19-18-32-35(41-24-27-11-5-2-6-12-27)22-31(38)23-36(32)42-25-28-13-7-3-8-14-28/h2-17,20-23,38H,18-19,24-26H2,1H3. The predicted octanol–water partition coefficient (Wildman–Crippen LogP) is 7.95. The number of benzene rings is 5. The fourth-order valence-electron chi connectivity index (χ4n) is 4.66. The maximum atomic E-state index is 13.5. The summed E-state index contributed by atoms with van der Waals surface area (Å²) >= 11 is 0. The largest absolute Gasteiger partial charge is 0.508 e. The lowest BCUT2D eigenvalue weighted by atomic mass is 10.0. The van der Waals surface area contributed by atoms with Crippen LogP contribution < -0.4 is 18.9 Å². The summed E-state index contributed by atoms with van der Waals surface area (Å²) in [4.78, 5) is 13.5. The van der Waals surface area contributed by atoms with E-state index in [0.717, 1.165) is 16.7 Å². The van der Waals surface area contributed by atoms with Gasteiger partial charge in [-0.05, 0) is 41.3 Å². The second-order valence-corrected chi connectivity index (χ2v) is 10.0. The molecule has 0 spiro atoms. The molecule has 0 atom stereocenters. The van der Waals surface area contributed by atoms with Gasteiger partial charge < -0.3 is 24.1 Å². The highest BCUT2D eigenvalue weighted by atomic mass is 16.5. The number of phenols is 1. The second-order valence-electron chi connectivity index (χ2n) is 10.0. The number of ether oxygens (including phenoxy) is 4. The summed E-state index contributed by atoms with van der Waals surface area (Å²) in [5.41, 5.74) is 4.22. The molecular weight excluding hydrogens is 540 g/mol. The zero-order valence-electron chi connectivity index (χ0n) is 24.1. The molecule has 218 valence electrons. The fraction of sp³-hybridized carbons (Fsp3) is 0.162. The van der Waals surface area contributed by atoms with Gasteiger partial charge in [-0.2, -0.15) is 0 Å². The van der Waals surface area contributed by atoms with Crippen LogP contribution in [-0.4, -0.2) is 18.0 Å². The molecule has 0 fully saturated rings. The summed E-state index contributed by atoms with van der Waals surface area (Å²) in [5.74, 6) is 1.96. The predicted molar refractivity (Wildman–Crippen MR) is 166 cm³/mol. The number of carbonyl (C=O) groups is 1. The molecule has 6 nitrogen and oxygen atoms in total. The van der Waals surface area contributed by atoms with E-state index in [4.69, 9.17) is 18.9 Å². The monoisotopic (exact) mass is 574 g/mol. The van der Waals surface area contributed by atoms with Crippen LogP contribution in [0.15, 0.2) is 121 Å². The van der Waals surface area contributed by atoms with Crippen molar-refractivity contribution in [2.75, 3.05) is 7.11 Å². The Morgan fingerprint density at radius 2 is 1.05 bits per heavy atom. The molecule has 1 N–H and O–H groups in total. The van der Waals surface area contributed by atoms with Gasteiger partial charge in [0, 0.05) is 29.7 Å². The lowest BCUT2D eigenvalue weighted by Gasteiger charge is -2.17. The average Bonchev–Trinajstić information content (AvgIpc) is 3.06. The van der Waals surface area contributed by atoms with Crippen LogP contribution in [0.4, 0.5) is 0 Å². The first-order chi connectivity index (χ1) is 21.1. The Balaban J connectivity index is 1.35. The van der Waals surface area contributed by atoms with Crippen LogP contribution in [0.2, 0.25) is 0 Å². The van der Waals surface area contributed by atoms with Gasteiger partial charge in [0.1, 0.15) is 37.1 Å². The van der Waals surface area contributed by atoms with Gasteiger partial charge in [-0.1, -0.05) is 91.0 Å². The number of ketones is 1.